The highest BCUT2D eigenvalue weighted by atomic mass is 16.5. The van der Waals surface area contributed by atoms with Crippen molar-refractivity contribution in [2.45, 2.75) is 39.8 Å². The standard InChI is InChI=1S/C19H30N4O2/c1-15(24)22-7-9-23(10-8-22)18-12-16(4-6-20-18)13-21-17-5-11-25-14-19(17,2)3/h4,6,12,17,21H,5,7-11,13-14H2,1-3H3. The van der Waals surface area contributed by atoms with E-state index in [1.165, 1.54) is 5.56 Å². The fraction of sp³-hybridized carbons (Fsp3) is 0.684. The first-order chi connectivity index (χ1) is 12.0. The van der Waals surface area contributed by atoms with Gasteiger partial charge in [0.1, 0.15) is 5.82 Å². The predicted octanol–water partition coefficient (Wildman–Crippen LogP) is 1.65. The molecule has 0 spiro atoms. The molecule has 1 aromatic heterocycles. The average Bonchev–Trinajstić information content (AvgIpc) is 2.61. The summed E-state index contributed by atoms with van der Waals surface area (Å²) in [6, 6.07) is 4.72. The molecule has 6 heteroatoms. The third-order valence-electron chi connectivity index (χ3n) is 5.38. The van der Waals surface area contributed by atoms with E-state index >= 15 is 0 Å². The number of nitrogens with one attached hydrogen (secondary N) is 1. The van der Waals surface area contributed by atoms with Crippen LogP contribution in [0.25, 0.3) is 0 Å². The normalized spacial score (nSPS) is 23.6. The van der Waals surface area contributed by atoms with Gasteiger partial charge in [-0.3, -0.25) is 4.79 Å². The molecule has 2 aliphatic rings. The van der Waals surface area contributed by atoms with Crippen LogP contribution in [-0.2, 0) is 16.1 Å². The molecule has 0 aliphatic carbocycles. The molecule has 1 unspecified atom stereocenters. The van der Waals surface area contributed by atoms with Crippen molar-refractivity contribution in [1.29, 1.82) is 0 Å². The Morgan fingerprint density at radius 1 is 1.36 bits per heavy atom. The Labute approximate surface area is 150 Å². The molecule has 1 atom stereocenters. The number of carbonyl (C=O) groups excluding carboxylic acids is 1. The Morgan fingerprint density at radius 3 is 2.80 bits per heavy atom. The molecular weight excluding hydrogens is 316 g/mol. The van der Waals surface area contributed by atoms with Crippen molar-refractivity contribution in [3.05, 3.63) is 23.9 Å². The van der Waals surface area contributed by atoms with Gasteiger partial charge in [0, 0.05) is 63.9 Å². The van der Waals surface area contributed by atoms with Gasteiger partial charge < -0.3 is 19.9 Å². The Kier molecular flexibility index (Phi) is 5.59. The smallest absolute Gasteiger partial charge is 0.219 e. The second kappa shape index (κ2) is 7.70. The van der Waals surface area contributed by atoms with Gasteiger partial charge in [-0.2, -0.15) is 0 Å². The SMILES string of the molecule is CC(=O)N1CCN(c2cc(CNC3CCOCC3(C)C)ccn2)CC1. The first kappa shape index (κ1) is 18.1. The van der Waals surface area contributed by atoms with Gasteiger partial charge in [0.25, 0.3) is 0 Å². The summed E-state index contributed by atoms with van der Waals surface area (Å²) in [6.45, 7) is 11.9. The molecule has 2 aliphatic heterocycles. The molecule has 1 N–H and O–H groups in total. The second-order valence-electron chi connectivity index (χ2n) is 7.78. The topological polar surface area (TPSA) is 57.7 Å². The van der Waals surface area contributed by atoms with E-state index in [0.29, 0.717) is 6.04 Å². The third kappa shape index (κ3) is 4.50. The highest BCUT2D eigenvalue weighted by Crippen LogP contribution is 2.28. The van der Waals surface area contributed by atoms with Crippen molar-refractivity contribution in [3.63, 3.8) is 0 Å². The van der Waals surface area contributed by atoms with Crippen molar-refractivity contribution in [2.24, 2.45) is 5.41 Å². The number of hydrogen-bond donors (Lipinski definition) is 1. The van der Waals surface area contributed by atoms with Crippen molar-refractivity contribution in [2.75, 3.05) is 44.3 Å². The second-order valence-corrected chi connectivity index (χ2v) is 7.78. The molecular formula is C19H30N4O2. The number of piperazine rings is 1. The van der Waals surface area contributed by atoms with E-state index in [9.17, 15) is 4.79 Å². The number of nitrogens with zero attached hydrogens (tertiary/aromatic N) is 3. The summed E-state index contributed by atoms with van der Waals surface area (Å²) < 4.78 is 5.61. The third-order valence-corrected chi connectivity index (χ3v) is 5.38. The van der Waals surface area contributed by atoms with Crippen LogP contribution in [0.4, 0.5) is 5.82 Å². The summed E-state index contributed by atoms with van der Waals surface area (Å²) >= 11 is 0. The Morgan fingerprint density at radius 2 is 2.12 bits per heavy atom. The molecule has 2 saturated heterocycles. The van der Waals surface area contributed by atoms with E-state index in [-0.39, 0.29) is 11.3 Å². The molecule has 0 bridgehead atoms. The quantitative estimate of drug-likeness (QED) is 0.898. The van der Waals surface area contributed by atoms with E-state index in [1.54, 1.807) is 6.92 Å². The van der Waals surface area contributed by atoms with Gasteiger partial charge in [0.05, 0.1) is 6.61 Å². The lowest BCUT2D eigenvalue weighted by Crippen LogP contribution is -2.48. The van der Waals surface area contributed by atoms with Gasteiger partial charge >= 0.3 is 0 Å². The Balaban J connectivity index is 1.57. The minimum atomic E-state index is 0.157. The molecule has 0 saturated carbocycles. The van der Waals surface area contributed by atoms with E-state index in [2.05, 4.69) is 41.2 Å². The lowest BCUT2D eigenvalue weighted by atomic mass is 9.82. The summed E-state index contributed by atoms with van der Waals surface area (Å²) in [5.41, 5.74) is 1.42. The number of carbonyl (C=O) groups is 1. The number of amides is 1. The first-order valence-corrected chi connectivity index (χ1v) is 9.22. The van der Waals surface area contributed by atoms with Crippen LogP contribution in [-0.4, -0.2) is 61.2 Å². The number of rotatable bonds is 4. The van der Waals surface area contributed by atoms with Crippen molar-refractivity contribution < 1.29 is 9.53 Å². The van der Waals surface area contributed by atoms with E-state index in [4.69, 9.17) is 4.74 Å². The zero-order chi connectivity index (χ0) is 17.9. The molecule has 3 heterocycles. The minimum Gasteiger partial charge on any atom is -0.381 e. The fourth-order valence-corrected chi connectivity index (χ4v) is 3.64. The maximum Gasteiger partial charge on any atom is 0.219 e. The van der Waals surface area contributed by atoms with E-state index in [1.807, 2.05) is 11.1 Å². The average molecular weight is 346 g/mol. The zero-order valence-corrected chi connectivity index (χ0v) is 15.6. The summed E-state index contributed by atoms with van der Waals surface area (Å²) in [6.07, 6.45) is 2.94. The van der Waals surface area contributed by atoms with Crippen LogP contribution in [0.5, 0.6) is 0 Å². The summed E-state index contributed by atoms with van der Waals surface area (Å²) in [7, 11) is 0. The van der Waals surface area contributed by atoms with Gasteiger partial charge in [-0.1, -0.05) is 13.8 Å². The monoisotopic (exact) mass is 346 g/mol. The lowest BCUT2D eigenvalue weighted by Gasteiger charge is -2.39. The molecule has 0 radical (unpaired) electrons. The van der Waals surface area contributed by atoms with E-state index < -0.39 is 0 Å². The maximum absolute atomic E-state index is 11.5. The van der Waals surface area contributed by atoms with E-state index in [0.717, 1.165) is 58.2 Å². The van der Waals surface area contributed by atoms with Crippen LogP contribution in [0.15, 0.2) is 18.3 Å². The highest BCUT2D eigenvalue weighted by Gasteiger charge is 2.32. The van der Waals surface area contributed by atoms with Gasteiger partial charge in [0.2, 0.25) is 5.91 Å². The van der Waals surface area contributed by atoms with Crippen molar-refractivity contribution in [1.82, 2.24) is 15.2 Å². The minimum absolute atomic E-state index is 0.157. The molecule has 1 aromatic rings. The molecule has 138 valence electrons. The molecule has 6 nitrogen and oxygen atoms in total. The van der Waals surface area contributed by atoms with Crippen LogP contribution >= 0.6 is 0 Å². The molecule has 0 aromatic carbocycles. The van der Waals surface area contributed by atoms with Gasteiger partial charge in [-0.05, 0) is 24.1 Å². The van der Waals surface area contributed by atoms with Gasteiger partial charge in [0.15, 0.2) is 0 Å². The molecule has 25 heavy (non-hydrogen) atoms. The maximum atomic E-state index is 11.5. The van der Waals surface area contributed by atoms with Crippen LogP contribution in [0.1, 0.15) is 32.8 Å². The van der Waals surface area contributed by atoms with Crippen LogP contribution in [0.2, 0.25) is 0 Å². The zero-order valence-electron chi connectivity index (χ0n) is 15.6. The molecule has 1 amide bonds. The highest BCUT2D eigenvalue weighted by molar-refractivity contribution is 5.73. The first-order valence-electron chi connectivity index (χ1n) is 9.22. The van der Waals surface area contributed by atoms with Crippen molar-refractivity contribution in [3.8, 4) is 0 Å². The van der Waals surface area contributed by atoms with Gasteiger partial charge in [-0.25, -0.2) is 4.98 Å². The largest absolute Gasteiger partial charge is 0.381 e. The number of anilines is 1. The van der Waals surface area contributed by atoms with Crippen LogP contribution in [0, 0.1) is 5.41 Å². The predicted molar refractivity (Wildman–Crippen MR) is 98.5 cm³/mol. The van der Waals surface area contributed by atoms with Crippen molar-refractivity contribution >= 4 is 11.7 Å². The summed E-state index contributed by atoms with van der Waals surface area (Å²) in [5.74, 6) is 1.17. The lowest BCUT2D eigenvalue weighted by molar-refractivity contribution is -0.129. The Bertz CT molecular complexity index is 597. The Hall–Kier alpha value is -1.66. The van der Waals surface area contributed by atoms with Crippen LogP contribution in [0.3, 0.4) is 0 Å². The number of pyridine rings is 1. The van der Waals surface area contributed by atoms with Crippen LogP contribution < -0.4 is 10.2 Å². The molecule has 2 fully saturated rings. The number of ether oxygens (including phenoxy) is 1. The summed E-state index contributed by atoms with van der Waals surface area (Å²) in [5, 5.41) is 3.70. The number of hydrogen-bond acceptors (Lipinski definition) is 5. The summed E-state index contributed by atoms with van der Waals surface area (Å²) in [4.78, 5) is 20.2. The van der Waals surface area contributed by atoms with Gasteiger partial charge in [-0.15, -0.1) is 0 Å². The number of aromatic nitrogens is 1. The molecule has 3 rings (SSSR count). The fourth-order valence-electron chi connectivity index (χ4n) is 3.64.